The molecule has 1 aliphatic rings. The molecule has 38 heavy (non-hydrogen) atoms. The number of aromatic nitrogens is 2. The van der Waals surface area contributed by atoms with Gasteiger partial charge in [0, 0.05) is 6.20 Å². The summed E-state index contributed by atoms with van der Waals surface area (Å²) in [7, 11) is 1.50. The number of aromatic amines is 1. The van der Waals surface area contributed by atoms with Crippen molar-refractivity contribution in [1.29, 1.82) is 0 Å². The van der Waals surface area contributed by atoms with E-state index in [1.165, 1.54) is 25.3 Å². The van der Waals surface area contributed by atoms with E-state index in [1.54, 1.807) is 54.7 Å². The SMILES string of the molecule is COc1cc(C=CC2NC(=O)c3cc4ccccc4cc3N2OC(=O)C(F)(F)F)ccc1-c1nc(C)c[nH]1. The first-order valence-electron chi connectivity index (χ1n) is 11.4. The predicted octanol–water partition coefficient (Wildman–Crippen LogP) is 5.16. The number of nitrogens with zero attached hydrogens (tertiary/aromatic N) is 2. The lowest BCUT2D eigenvalue weighted by Gasteiger charge is -2.35. The number of aryl methyl sites for hydroxylation is 1. The van der Waals surface area contributed by atoms with E-state index in [1.807, 2.05) is 6.92 Å². The molecule has 1 aliphatic heterocycles. The standard InChI is InChI=1S/C27H21F3N4O4/c1-15-14-31-24(32-15)19-9-7-16(11-22(19)37-2)8-10-23-33-25(35)20-12-17-5-3-4-6-18(17)13-21(20)34(23)38-26(36)27(28,29)30/h3-14,23H,1-2H3,(H,31,32)(H,33,35). The van der Waals surface area contributed by atoms with Gasteiger partial charge in [0.05, 0.1) is 29.6 Å². The topological polar surface area (TPSA) is 96.6 Å². The number of rotatable bonds is 5. The summed E-state index contributed by atoms with van der Waals surface area (Å²) in [5.74, 6) is -1.82. The van der Waals surface area contributed by atoms with Gasteiger partial charge in [-0.1, -0.05) is 36.4 Å². The molecule has 8 nitrogen and oxygen atoms in total. The van der Waals surface area contributed by atoms with Gasteiger partial charge in [-0.05, 0) is 53.6 Å². The number of alkyl halides is 3. The number of carbonyl (C=O) groups is 2. The summed E-state index contributed by atoms with van der Waals surface area (Å²) in [5, 5.41) is 4.71. The quantitative estimate of drug-likeness (QED) is 0.376. The molecule has 1 unspecified atom stereocenters. The van der Waals surface area contributed by atoms with Crippen molar-refractivity contribution >= 4 is 34.4 Å². The summed E-state index contributed by atoms with van der Waals surface area (Å²) in [6, 6.07) is 15.3. The van der Waals surface area contributed by atoms with Crippen LogP contribution in [0.25, 0.3) is 28.2 Å². The maximum Gasteiger partial charge on any atom is 0.493 e. The first-order chi connectivity index (χ1) is 18.1. The lowest BCUT2D eigenvalue weighted by molar-refractivity contribution is -0.202. The van der Waals surface area contributed by atoms with Gasteiger partial charge in [-0.15, -0.1) is 0 Å². The summed E-state index contributed by atoms with van der Waals surface area (Å²) < 4.78 is 44.9. The minimum Gasteiger partial charge on any atom is -0.496 e. The number of hydrogen-bond donors (Lipinski definition) is 2. The molecular formula is C27H21F3N4O4. The number of amides is 1. The van der Waals surface area contributed by atoms with E-state index >= 15 is 0 Å². The van der Waals surface area contributed by atoms with Crippen LogP contribution in [0.15, 0.2) is 66.9 Å². The second-order valence-corrected chi connectivity index (χ2v) is 8.55. The van der Waals surface area contributed by atoms with E-state index in [9.17, 15) is 22.8 Å². The molecule has 0 saturated heterocycles. The van der Waals surface area contributed by atoms with E-state index in [2.05, 4.69) is 15.3 Å². The van der Waals surface area contributed by atoms with Crippen LogP contribution in [0.2, 0.25) is 0 Å². The fraction of sp³-hybridized carbons (Fsp3) is 0.148. The van der Waals surface area contributed by atoms with E-state index in [0.717, 1.165) is 10.8 Å². The zero-order chi connectivity index (χ0) is 27.0. The van der Waals surface area contributed by atoms with Gasteiger partial charge >= 0.3 is 12.1 Å². The number of hydroxylamine groups is 1. The van der Waals surface area contributed by atoms with Crippen LogP contribution in [0.3, 0.4) is 0 Å². The van der Waals surface area contributed by atoms with Crippen molar-refractivity contribution in [3.63, 3.8) is 0 Å². The Balaban J connectivity index is 1.52. The molecule has 194 valence electrons. The average Bonchev–Trinajstić information content (AvgIpc) is 3.33. The normalized spacial score (nSPS) is 15.4. The number of H-pyrrole nitrogens is 1. The largest absolute Gasteiger partial charge is 0.496 e. The second kappa shape index (κ2) is 9.58. The molecule has 11 heteroatoms. The molecule has 3 aromatic carbocycles. The van der Waals surface area contributed by atoms with Crippen LogP contribution in [0, 0.1) is 6.92 Å². The molecule has 4 aromatic rings. The van der Waals surface area contributed by atoms with Gasteiger partial charge in [0.2, 0.25) is 0 Å². The van der Waals surface area contributed by atoms with Gasteiger partial charge in [-0.25, -0.2) is 9.78 Å². The molecule has 2 N–H and O–H groups in total. The monoisotopic (exact) mass is 522 g/mol. The van der Waals surface area contributed by atoms with E-state index < -0.39 is 24.2 Å². The van der Waals surface area contributed by atoms with Crippen molar-refractivity contribution < 1.29 is 32.3 Å². The van der Waals surface area contributed by atoms with Crippen molar-refractivity contribution in [2.45, 2.75) is 19.3 Å². The number of nitrogens with one attached hydrogen (secondary N) is 2. The van der Waals surface area contributed by atoms with Crippen LogP contribution < -0.4 is 15.1 Å². The number of hydrogen-bond acceptors (Lipinski definition) is 6. The van der Waals surface area contributed by atoms with Crippen LogP contribution in [0.5, 0.6) is 5.75 Å². The minimum absolute atomic E-state index is 0.0285. The van der Waals surface area contributed by atoms with Gasteiger partial charge in [0.25, 0.3) is 5.91 Å². The number of fused-ring (bicyclic) bond motifs is 2. The van der Waals surface area contributed by atoms with Gasteiger partial charge < -0.3 is 19.9 Å². The Kier molecular flexibility index (Phi) is 6.27. The smallest absolute Gasteiger partial charge is 0.493 e. The highest BCUT2D eigenvalue weighted by Gasteiger charge is 2.45. The molecule has 5 rings (SSSR count). The summed E-state index contributed by atoms with van der Waals surface area (Å²) in [5.41, 5.74) is 2.24. The van der Waals surface area contributed by atoms with Gasteiger partial charge in [0.1, 0.15) is 11.6 Å². The first kappa shape index (κ1) is 24.9. The number of imidazole rings is 1. The van der Waals surface area contributed by atoms with Gasteiger partial charge in [0.15, 0.2) is 6.17 Å². The van der Waals surface area contributed by atoms with E-state index in [-0.39, 0.29) is 11.3 Å². The number of anilines is 1. The Hall–Kier alpha value is -4.80. The van der Waals surface area contributed by atoms with Crippen molar-refractivity contribution in [1.82, 2.24) is 15.3 Å². The molecule has 0 spiro atoms. The molecule has 0 fully saturated rings. The van der Waals surface area contributed by atoms with Crippen molar-refractivity contribution in [3.8, 4) is 17.1 Å². The maximum absolute atomic E-state index is 13.1. The number of ether oxygens (including phenoxy) is 1. The Morgan fingerprint density at radius 3 is 2.47 bits per heavy atom. The first-order valence-corrected chi connectivity index (χ1v) is 11.4. The molecule has 1 amide bonds. The Morgan fingerprint density at radius 2 is 1.82 bits per heavy atom. The third kappa shape index (κ3) is 4.77. The lowest BCUT2D eigenvalue weighted by atomic mass is 10.0. The molecule has 1 aromatic heterocycles. The Morgan fingerprint density at radius 1 is 1.08 bits per heavy atom. The number of benzene rings is 3. The molecule has 1 atom stereocenters. The Bertz CT molecular complexity index is 1580. The van der Waals surface area contributed by atoms with E-state index in [0.29, 0.717) is 33.5 Å². The molecule has 2 heterocycles. The summed E-state index contributed by atoms with van der Waals surface area (Å²) in [4.78, 5) is 37.0. The van der Waals surface area contributed by atoms with Crippen LogP contribution >= 0.6 is 0 Å². The predicted molar refractivity (Wildman–Crippen MR) is 134 cm³/mol. The highest BCUT2D eigenvalue weighted by molar-refractivity contribution is 6.06. The zero-order valence-corrected chi connectivity index (χ0v) is 20.2. The number of halogens is 3. The maximum atomic E-state index is 13.1. The fourth-order valence-electron chi connectivity index (χ4n) is 4.15. The molecule has 0 radical (unpaired) electrons. The van der Waals surface area contributed by atoms with Gasteiger partial charge in [-0.2, -0.15) is 18.2 Å². The highest BCUT2D eigenvalue weighted by Crippen LogP contribution is 2.34. The van der Waals surface area contributed by atoms with Crippen LogP contribution in [-0.4, -0.2) is 41.3 Å². The Labute approximate surface area is 214 Å². The molecule has 0 bridgehead atoms. The number of carbonyl (C=O) groups excluding carboxylic acids is 2. The molecule has 0 aliphatic carbocycles. The third-order valence-electron chi connectivity index (χ3n) is 5.95. The van der Waals surface area contributed by atoms with Crippen molar-refractivity contribution in [2.24, 2.45) is 0 Å². The molecular weight excluding hydrogens is 501 g/mol. The fourth-order valence-corrected chi connectivity index (χ4v) is 4.15. The summed E-state index contributed by atoms with van der Waals surface area (Å²) in [6.45, 7) is 1.85. The van der Waals surface area contributed by atoms with Crippen LogP contribution in [0.4, 0.5) is 18.9 Å². The van der Waals surface area contributed by atoms with E-state index in [4.69, 9.17) is 9.57 Å². The van der Waals surface area contributed by atoms with Crippen LogP contribution in [0.1, 0.15) is 21.6 Å². The van der Waals surface area contributed by atoms with Gasteiger partial charge in [-0.3, -0.25) is 4.79 Å². The average molecular weight is 522 g/mol. The molecule has 0 saturated carbocycles. The number of methoxy groups -OCH3 is 1. The summed E-state index contributed by atoms with van der Waals surface area (Å²) >= 11 is 0. The lowest BCUT2D eigenvalue weighted by Crippen LogP contribution is -2.53. The third-order valence-corrected chi connectivity index (χ3v) is 5.95. The zero-order valence-electron chi connectivity index (χ0n) is 20.2. The summed E-state index contributed by atoms with van der Waals surface area (Å²) in [6.07, 6.45) is -1.70. The minimum atomic E-state index is -5.24. The van der Waals surface area contributed by atoms with Crippen molar-refractivity contribution in [3.05, 3.63) is 83.7 Å². The highest BCUT2D eigenvalue weighted by atomic mass is 19.4. The second-order valence-electron chi connectivity index (χ2n) is 8.55. The van der Waals surface area contributed by atoms with Crippen molar-refractivity contribution in [2.75, 3.05) is 12.2 Å². The van der Waals surface area contributed by atoms with Crippen LogP contribution in [-0.2, 0) is 9.63 Å².